The van der Waals surface area contributed by atoms with Crippen LogP contribution in [-0.2, 0) is 4.79 Å². The first-order valence-corrected chi connectivity index (χ1v) is 5.96. The maximum atomic E-state index is 11.8. The second kappa shape index (κ2) is 5.20. The van der Waals surface area contributed by atoms with Crippen LogP contribution in [0.4, 0.5) is 0 Å². The van der Waals surface area contributed by atoms with Crippen LogP contribution in [0.15, 0.2) is 6.07 Å². The molecule has 1 aromatic heterocycles. The molecule has 0 aromatic carbocycles. The number of carbonyl (C=O) groups excluding carboxylic acids is 1. The van der Waals surface area contributed by atoms with Gasteiger partial charge in [-0.15, -0.1) is 0 Å². The third-order valence-electron chi connectivity index (χ3n) is 2.36. The van der Waals surface area contributed by atoms with Crippen molar-refractivity contribution in [1.82, 2.24) is 10.3 Å². The largest absolute Gasteiger partial charge is 0.480 e. The van der Waals surface area contributed by atoms with Crippen molar-refractivity contribution < 1.29 is 14.7 Å². The van der Waals surface area contributed by atoms with Crippen molar-refractivity contribution in [3.05, 3.63) is 21.9 Å². The Labute approximate surface area is 114 Å². The number of halogens is 2. The van der Waals surface area contributed by atoms with Crippen molar-refractivity contribution in [1.29, 1.82) is 0 Å². The summed E-state index contributed by atoms with van der Waals surface area (Å²) in [7, 11) is 0. The van der Waals surface area contributed by atoms with Crippen molar-refractivity contribution in [2.24, 2.45) is 5.41 Å². The van der Waals surface area contributed by atoms with Crippen LogP contribution in [0.5, 0.6) is 0 Å². The topological polar surface area (TPSA) is 82.2 Å². The van der Waals surface area contributed by atoms with Crippen LogP contribution in [-0.4, -0.2) is 28.0 Å². The Morgan fingerprint density at radius 2 is 1.94 bits per heavy atom. The van der Waals surface area contributed by atoms with E-state index in [1.165, 1.54) is 6.07 Å². The molecule has 1 rings (SSSR count). The second-order valence-electron chi connectivity index (χ2n) is 4.96. The monoisotopic (exact) mass is 292 g/mol. The molecule has 0 aliphatic carbocycles. The Kier molecular flexibility index (Phi) is 4.29. The van der Waals surface area contributed by atoms with E-state index < -0.39 is 23.3 Å². The number of amides is 1. The summed E-state index contributed by atoms with van der Waals surface area (Å²) in [5.41, 5.74) is -0.484. The number of aliphatic carboxylic acids is 1. The Hall–Kier alpha value is -1.20. The van der Waals surface area contributed by atoms with E-state index in [0.29, 0.717) is 0 Å². The third kappa shape index (κ3) is 3.40. The van der Waals surface area contributed by atoms with E-state index in [-0.39, 0.29) is 15.9 Å². The Bertz CT molecular complexity index is 458. The smallest absolute Gasteiger partial charge is 0.326 e. The number of aromatic nitrogens is 1. The predicted octanol–water partition coefficient (Wildman–Crippen LogP) is 2.55. The number of hydrogen-bond donors (Lipinski definition) is 3. The maximum Gasteiger partial charge on any atom is 0.326 e. The average Bonchev–Trinajstić information content (AvgIpc) is 2.53. The third-order valence-corrected chi connectivity index (χ3v) is 3.05. The maximum absolute atomic E-state index is 11.8. The molecular formula is C11H14Cl2N2O3. The van der Waals surface area contributed by atoms with Gasteiger partial charge in [-0.1, -0.05) is 44.0 Å². The fraction of sp³-hybridized carbons (Fsp3) is 0.455. The molecule has 1 atom stereocenters. The molecule has 1 unspecified atom stereocenters. The molecule has 3 N–H and O–H groups in total. The summed E-state index contributed by atoms with van der Waals surface area (Å²) in [5, 5.41) is 11.9. The average molecular weight is 293 g/mol. The standard InChI is InChI=1S/C11H14Cl2N2O3/c1-11(2,3)7(10(17)18)15-9(16)6-4-5(12)8(13)14-6/h4,7,14H,1-3H3,(H,15,16)(H,17,18). The summed E-state index contributed by atoms with van der Waals surface area (Å²) in [4.78, 5) is 25.5. The molecule has 18 heavy (non-hydrogen) atoms. The quantitative estimate of drug-likeness (QED) is 0.801. The fourth-order valence-electron chi connectivity index (χ4n) is 1.38. The zero-order valence-electron chi connectivity index (χ0n) is 10.2. The molecule has 0 aliphatic heterocycles. The van der Waals surface area contributed by atoms with Crippen LogP contribution >= 0.6 is 23.2 Å². The van der Waals surface area contributed by atoms with Crippen molar-refractivity contribution >= 4 is 35.1 Å². The minimum absolute atomic E-state index is 0.125. The number of nitrogens with one attached hydrogen (secondary N) is 2. The highest BCUT2D eigenvalue weighted by Gasteiger charge is 2.33. The number of rotatable bonds is 3. The SMILES string of the molecule is CC(C)(C)C(NC(=O)c1cc(Cl)c(Cl)[nH]1)C(=O)O. The summed E-state index contributed by atoms with van der Waals surface area (Å²) < 4.78 is 0. The number of H-pyrrole nitrogens is 1. The number of aromatic amines is 1. The molecule has 0 radical (unpaired) electrons. The van der Waals surface area contributed by atoms with Crippen LogP contribution in [0.1, 0.15) is 31.3 Å². The van der Waals surface area contributed by atoms with Crippen molar-refractivity contribution in [2.45, 2.75) is 26.8 Å². The van der Waals surface area contributed by atoms with Gasteiger partial charge in [0.2, 0.25) is 0 Å². The van der Waals surface area contributed by atoms with E-state index in [1.54, 1.807) is 20.8 Å². The summed E-state index contributed by atoms with van der Waals surface area (Å²) in [6.45, 7) is 5.17. The minimum atomic E-state index is -1.10. The lowest BCUT2D eigenvalue weighted by molar-refractivity contribution is -0.142. The van der Waals surface area contributed by atoms with E-state index >= 15 is 0 Å². The molecule has 1 aromatic rings. The van der Waals surface area contributed by atoms with E-state index in [0.717, 1.165) is 0 Å². The highest BCUT2D eigenvalue weighted by Crippen LogP contribution is 2.23. The van der Waals surface area contributed by atoms with E-state index in [4.69, 9.17) is 28.3 Å². The molecule has 0 saturated carbocycles. The van der Waals surface area contributed by atoms with Gasteiger partial charge in [0.1, 0.15) is 16.9 Å². The van der Waals surface area contributed by atoms with Crippen LogP contribution in [0.25, 0.3) is 0 Å². The zero-order chi connectivity index (χ0) is 14.1. The normalized spacial score (nSPS) is 13.2. The Morgan fingerprint density at radius 3 is 2.28 bits per heavy atom. The summed E-state index contributed by atoms with van der Waals surface area (Å²) in [6, 6.07) is 0.340. The molecule has 5 nitrogen and oxygen atoms in total. The lowest BCUT2D eigenvalue weighted by Crippen LogP contribution is -2.49. The molecular weight excluding hydrogens is 279 g/mol. The number of carboxylic acids is 1. The molecule has 0 saturated heterocycles. The van der Waals surface area contributed by atoms with Gasteiger partial charge in [0.05, 0.1) is 5.02 Å². The molecule has 0 fully saturated rings. The molecule has 100 valence electrons. The number of carboxylic acid groups (broad SMARTS) is 1. The van der Waals surface area contributed by atoms with Crippen LogP contribution in [0.2, 0.25) is 10.2 Å². The number of carbonyl (C=O) groups is 2. The number of hydrogen-bond acceptors (Lipinski definition) is 2. The molecule has 0 bridgehead atoms. The minimum Gasteiger partial charge on any atom is -0.480 e. The lowest BCUT2D eigenvalue weighted by Gasteiger charge is -2.27. The molecule has 0 aliphatic rings. The molecule has 1 amide bonds. The molecule has 0 spiro atoms. The predicted molar refractivity (Wildman–Crippen MR) is 69.2 cm³/mol. The highest BCUT2D eigenvalue weighted by atomic mass is 35.5. The lowest BCUT2D eigenvalue weighted by atomic mass is 9.86. The van der Waals surface area contributed by atoms with E-state index in [1.807, 2.05) is 0 Å². The summed E-state index contributed by atoms with van der Waals surface area (Å²) >= 11 is 11.4. The highest BCUT2D eigenvalue weighted by molar-refractivity contribution is 6.41. The van der Waals surface area contributed by atoms with E-state index in [9.17, 15) is 9.59 Å². The van der Waals surface area contributed by atoms with Gasteiger partial charge >= 0.3 is 5.97 Å². The van der Waals surface area contributed by atoms with E-state index in [2.05, 4.69) is 10.3 Å². The fourth-order valence-corrected chi connectivity index (χ4v) is 1.70. The van der Waals surface area contributed by atoms with Gasteiger partial charge in [-0.2, -0.15) is 0 Å². The van der Waals surface area contributed by atoms with Gasteiger partial charge in [0, 0.05) is 0 Å². The van der Waals surface area contributed by atoms with Crippen molar-refractivity contribution in [3.63, 3.8) is 0 Å². The van der Waals surface area contributed by atoms with Gasteiger partial charge in [-0.25, -0.2) is 4.79 Å². The first kappa shape index (κ1) is 14.9. The van der Waals surface area contributed by atoms with Gasteiger partial charge in [-0.3, -0.25) is 4.79 Å². The second-order valence-corrected chi connectivity index (χ2v) is 5.74. The summed E-state index contributed by atoms with van der Waals surface area (Å²) in [6.07, 6.45) is 0. The van der Waals surface area contributed by atoms with Gasteiger partial charge in [0.15, 0.2) is 0 Å². The van der Waals surface area contributed by atoms with Gasteiger partial charge < -0.3 is 15.4 Å². The Morgan fingerprint density at radius 1 is 1.39 bits per heavy atom. The van der Waals surface area contributed by atoms with Crippen LogP contribution < -0.4 is 5.32 Å². The van der Waals surface area contributed by atoms with Crippen molar-refractivity contribution in [3.8, 4) is 0 Å². The molecule has 7 heteroatoms. The van der Waals surface area contributed by atoms with Crippen LogP contribution in [0, 0.1) is 5.41 Å². The first-order valence-electron chi connectivity index (χ1n) is 5.20. The Balaban J connectivity index is 2.89. The van der Waals surface area contributed by atoms with Crippen molar-refractivity contribution in [2.75, 3.05) is 0 Å². The summed E-state index contributed by atoms with van der Waals surface area (Å²) in [5.74, 6) is -1.66. The zero-order valence-corrected chi connectivity index (χ0v) is 11.7. The first-order chi connectivity index (χ1) is 8.12. The van der Waals surface area contributed by atoms with Gasteiger partial charge in [0.25, 0.3) is 5.91 Å². The van der Waals surface area contributed by atoms with Crippen LogP contribution in [0.3, 0.4) is 0 Å². The van der Waals surface area contributed by atoms with Gasteiger partial charge in [-0.05, 0) is 11.5 Å². The molecule has 1 heterocycles.